The smallest absolute Gasteiger partial charge is 0.274 e. The second-order valence-corrected chi connectivity index (χ2v) is 5.46. The second kappa shape index (κ2) is 7.82. The first kappa shape index (κ1) is 16.4. The number of nitrogens with one attached hydrogen (secondary N) is 1. The van der Waals surface area contributed by atoms with Crippen LogP contribution < -0.4 is 10.1 Å². The van der Waals surface area contributed by atoms with Crippen molar-refractivity contribution >= 4 is 21.6 Å². The molecule has 0 fully saturated rings. The number of nitrogens with zero attached hydrogens (tertiary/aromatic N) is 2. The second-order valence-electron chi connectivity index (χ2n) is 4.54. The van der Waals surface area contributed by atoms with Crippen molar-refractivity contribution < 1.29 is 9.66 Å². The average Bonchev–Trinajstić information content (AvgIpc) is 2.36. The Morgan fingerprint density at radius 2 is 2.20 bits per heavy atom. The van der Waals surface area contributed by atoms with Crippen LogP contribution in [-0.2, 0) is 0 Å². The molecule has 0 aliphatic carbocycles. The number of hydrogen-bond donors (Lipinski definition) is 1. The zero-order valence-corrected chi connectivity index (χ0v) is 12.9. The predicted molar refractivity (Wildman–Crippen MR) is 78.6 cm³/mol. The van der Waals surface area contributed by atoms with Crippen LogP contribution in [0.25, 0.3) is 0 Å². The Kier molecular flexibility index (Phi) is 6.42. The summed E-state index contributed by atoms with van der Waals surface area (Å²) in [5.41, 5.74) is -0.0356. The zero-order valence-electron chi connectivity index (χ0n) is 11.3. The monoisotopic (exact) mass is 341 g/mol. The van der Waals surface area contributed by atoms with Gasteiger partial charge in [0.2, 0.25) is 0 Å². The van der Waals surface area contributed by atoms with Gasteiger partial charge in [-0.1, -0.05) is 15.9 Å². The van der Waals surface area contributed by atoms with Crippen LogP contribution in [0.1, 0.15) is 20.3 Å². The molecule has 6 nitrogen and oxygen atoms in total. The van der Waals surface area contributed by atoms with Crippen LogP contribution in [0.5, 0.6) is 5.75 Å². The molecule has 0 aromatic heterocycles. The highest BCUT2D eigenvalue weighted by molar-refractivity contribution is 9.10. The summed E-state index contributed by atoms with van der Waals surface area (Å²) in [6.45, 7) is 4.23. The maximum atomic E-state index is 10.7. The van der Waals surface area contributed by atoms with Crippen molar-refractivity contribution in [2.24, 2.45) is 0 Å². The molecule has 1 atom stereocenters. The summed E-state index contributed by atoms with van der Waals surface area (Å²) in [7, 11) is 0. The van der Waals surface area contributed by atoms with Gasteiger partial charge < -0.3 is 4.74 Å². The molecule has 0 saturated carbocycles. The number of nitro groups is 1. The van der Waals surface area contributed by atoms with Gasteiger partial charge in [0.15, 0.2) is 0 Å². The Morgan fingerprint density at radius 1 is 1.50 bits per heavy atom. The molecular formula is C13H16BrN3O3. The van der Waals surface area contributed by atoms with E-state index in [1.807, 2.05) is 13.8 Å². The van der Waals surface area contributed by atoms with Crippen LogP contribution >= 0.6 is 15.9 Å². The molecule has 0 aliphatic rings. The Labute approximate surface area is 126 Å². The van der Waals surface area contributed by atoms with E-state index in [0.717, 1.165) is 0 Å². The number of ether oxygens (including phenoxy) is 1. The van der Waals surface area contributed by atoms with Gasteiger partial charge in [0.25, 0.3) is 5.69 Å². The van der Waals surface area contributed by atoms with Crippen molar-refractivity contribution in [3.05, 3.63) is 32.8 Å². The fourth-order valence-corrected chi connectivity index (χ4v) is 2.08. The quantitative estimate of drug-likeness (QED) is 0.608. The fraction of sp³-hybridized carbons (Fsp3) is 0.462. The van der Waals surface area contributed by atoms with Crippen LogP contribution in [0, 0.1) is 21.4 Å². The largest absolute Gasteiger partial charge is 0.493 e. The Balaban J connectivity index is 2.57. The van der Waals surface area contributed by atoms with Crippen molar-refractivity contribution in [2.75, 3.05) is 6.61 Å². The van der Waals surface area contributed by atoms with Crippen LogP contribution in [0.3, 0.4) is 0 Å². The van der Waals surface area contributed by atoms with Gasteiger partial charge in [-0.25, -0.2) is 0 Å². The summed E-state index contributed by atoms with van der Waals surface area (Å²) in [6.07, 6.45) is 0.509. The average molecular weight is 342 g/mol. The third-order valence-electron chi connectivity index (χ3n) is 2.43. The molecule has 0 bridgehead atoms. The highest BCUT2D eigenvalue weighted by Gasteiger charge is 2.11. The van der Waals surface area contributed by atoms with Gasteiger partial charge in [-0.05, 0) is 19.9 Å². The lowest BCUT2D eigenvalue weighted by atomic mass is 10.2. The minimum atomic E-state index is -0.476. The number of halogens is 1. The molecule has 0 saturated heterocycles. The molecule has 7 heteroatoms. The fourth-order valence-electron chi connectivity index (χ4n) is 1.62. The molecule has 0 heterocycles. The molecule has 0 radical (unpaired) electrons. The van der Waals surface area contributed by atoms with Gasteiger partial charge in [-0.15, -0.1) is 0 Å². The molecule has 1 aromatic rings. The molecule has 1 rings (SSSR count). The van der Waals surface area contributed by atoms with Gasteiger partial charge in [-0.2, -0.15) is 5.26 Å². The van der Waals surface area contributed by atoms with Crippen LogP contribution in [0.4, 0.5) is 5.69 Å². The van der Waals surface area contributed by atoms with Crippen molar-refractivity contribution in [3.8, 4) is 11.8 Å². The van der Waals surface area contributed by atoms with E-state index < -0.39 is 4.92 Å². The zero-order chi connectivity index (χ0) is 15.1. The number of nitriles is 1. The van der Waals surface area contributed by atoms with E-state index in [1.54, 1.807) is 6.07 Å². The summed E-state index contributed by atoms with van der Waals surface area (Å²) < 4.78 is 6.05. The van der Waals surface area contributed by atoms with E-state index >= 15 is 0 Å². The maximum Gasteiger partial charge on any atom is 0.274 e. The van der Waals surface area contributed by atoms with Crippen molar-refractivity contribution in [1.82, 2.24) is 5.32 Å². The van der Waals surface area contributed by atoms with Gasteiger partial charge >= 0.3 is 0 Å². The number of rotatable bonds is 7. The summed E-state index contributed by atoms with van der Waals surface area (Å²) >= 11 is 3.20. The van der Waals surface area contributed by atoms with E-state index in [4.69, 9.17) is 10.00 Å². The number of benzene rings is 1. The van der Waals surface area contributed by atoms with Crippen LogP contribution in [-0.4, -0.2) is 23.6 Å². The third kappa shape index (κ3) is 5.55. The minimum Gasteiger partial charge on any atom is -0.493 e. The van der Waals surface area contributed by atoms with E-state index in [0.29, 0.717) is 23.2 Å². The molecule has 0 spiro atoms. The first-order valence-electron chi connectivity index (χ1n) is 6.16. The Bertz CT molecular complexity index is 514. The molecule has 0 aliphatic heterocycles. The van der Waals surface area contributed by atoms with Gasteiger partial charge in [-0.3, -0.25) is 15.4 Å². The molecule has 0 amide bonds. The van der Waals surface area contributed by atoms with Gasteiger partial charge in [0.05, 0.1) is 29.7 Å². The van der Waals surface area contributed by atoms with Crippen molar-refractivity contribution in [2.45, 2.75) is 32.4 Å². The molecule has 108 valence electrons. The lowest BCUT2D eigenvalue weighted by molar-refractivity contribution is -0.385. The van der Waals surface area contributed by atoms with Crippen molar-refractivity contribution in [1.29, 1.82) is 5.26 Å². The lowest BCUT2D eigenvalue weighted by Crippen LogP contribution is -2.34. The van der Waals surface area contributed by atoms with E-state index in [-0.39, 0.29) is 17.8 Å². The molecule has 1 aromatic carbocycles. The summed E-state index contributed by atoms with van der Waals surface area (Å²) in [6, 6.07) is 6.50. The topological polar surface area (TPSA) is 88.2 Å². The SMILES string of the molecule is CC(C)NC(C#N)CCOc1cc(Br)cc([N+](=O)[O-])c1. The predicted octanol–water partition coefficient (Wildman–Crippen LogP) is 3.02. The third-order valence-corrected chi connectivity index (χ3v) is 2.89. The highest BCUT2D eigenvalue weighted by atomic mass is 79.9. The van der Waals surface area contributed by atoms with Gasteiger partial charge in [0, 0.05) is 23.0 Å². The van der Waals surface area contributed by atoms with E-state index in [1.165, 1.54) is 12.1 Å². The standard InChI is InChI=1S/C13H16BrN3O3/c1-9(2)16-11(8-15)3-4-20-13-6-10(14)5-12(7-13)17(18)19/h5-7,9,11,16H,3-4H2,1-2H3. The number of hydrogen-bond acceptors (Lipinski definition) is 5. The molecule has 1 unspecified atom stereocenters. The van der Waals surface area contributed by atoms with Crippen LogP contribution in [0.15, 0.2) is 22.7 Å². The van der Waals surface area contributed by atoms with E-state index in [2.05, 4.69) is 27.3 Å². The van der Waals surface area contributed by atoms with Crippen LogP contribution in [0.2, 0.25) is 0 Å². The molecular weight excluding hydrogens is 326 g/mol. The van der Waals surface area contributed by atoms with E-state index in [9.17, 15) is 10.1 Å². The Morgan fingerprint density at radius 3 is 2.75 bits per heavy atom. The van der Waals surface area contributed by atoms with Gasteiger partial charge in [0.1, 0.15) is 5.75 Å². The summed E-state index contributed by atoms with van der Waals surface area (Å²) in [5.74, 6) is 0.410. The summed E-state index contributed by atoms with van der Waals surface area (Å²) in [4.78, 5) is 10.3. The summed E-state index contributed by atoms with van der Waals surface area (Å²) in [5, 5.41) is 22.8. The number of non-ortho nitro benzene ring substituents is 1. The molecule has 20 heavy (non-hydrogen) atoms. The number of nitro benzene ring substituents is 1. The first-order valence-corrected chi connectivity index (χ1v) is 6.95. The normalized spacial score (nSPS) is 11.9. The Hall–Kier alpha value is -1.65. The highest BCUT2D eigenvalue weighted by Crippen LogP contribution is 2.26. The lowest BCUT2D eigenvalue weighted by Gasteiger charge is -2.14. The maximum absolute atomic E-state index is 10.7. The first-order chi connectivity index (χ1) is 9.42. The minimum absolute atomic E-state index is 0.0356. The molecule has 1 N–H and O–H groups in total. The van der Waals surface area contributed by atoms with Crippen molar-refractivity contribution in [3.63, 3.8) is 0 Å².